The van der Waals surface area contributed by atoms with E-state index in [2.05, 4.69) is 24.8 Å². The number of hydrogen-bond donors (Lipinski definition) is 0. The number of rotatable bonds is 3. The van der Waals surface area contributed by atoms with Gasteiger partial charge < -0.3 is 0 Å². The Morgan fingerprint density at radius 2 is 1.82 bits per heavy atom. The zero-order chi connectivity index (χ0) is 15.7. The fourth-order valence-corrected chi connectivity index (χ4v) is 4.01. The van der Waals surface area contributed by atoms with Gasteiger partial charge in [-0.25, -0.2) is 0 Å². The van der Waals surface area contributed by atoms with E-state index in [-0.39, 0.29) is 23.4 Å². The maximum atomic E-state index is 12.7. The zero-order valence-corrected chi connectivity index (χ0v) is 13.3. The summed E-state index contributed by atoms with van der Waals surface area (Å²) in [5.41, 5.74) is 3.03. The standard InChI is InChI=1S/C20H22O2/c1-3-5-13-7-10-17(14(11-13)6-4-2)18-19(21)15-8-9-16(12-15)20(18)22/h7,10-11,15-16,18H,4,6,8-9,12H2,1-2H3. The van der Waals surface area contributed by atoms with Crippen molar-refractivity contribution in [2.45, 2.75) is 51.9 Å². The molecular weight excluding hydrogens is 272 g/mol. The van der Waals surface area contributed by atoms with E-state index in [1.165, 1.54) is 0 Å². The van der Waals surface area contributed by atoms with E-state index in [9.17, 15) is 9.59 Å². The predicted molar refractivity (Wildman–Crippen MR) is 86.6 cm³/mol. The number of hydrogen-bond acceptors (Lipinski definition) is 2. The van der Waals surface area contributed by atoms with E-state index in [0.29, 0.717) is 0 Å². The summed E-state index contributed by atoms with van der Waals surface area (Å²) in [6.07, 6.45) is 4.47. The van der Waals surface area contributed by atoms with Crippen LogP contribution in [0.25, 0.3) is 0 Å². The summed E-state index contributed by atoms with van der Waals surface area (Å²) in [6.45, 7) is 3.94. The minimum Gasteiger partial charge on any atom is -0.298 e. The van der Waals surface area contributed by atoms with Gasteiger partial charge in [0, 0.05) is 17.4 Å². The number of carbonyl (C=O) groups excluding carboxylic acids is 2. The number of aryl methyl sites for hydroxylation is 1. The average molecular weight is 294 g/mol. The molecule has 114 valence electrons. The van der Waals surface area contributed by atoms with Crippen LogP contribution in [-0.2, 0) is 16.0 Å². The highest BCUT2D eigenvalue weighted by molar-refractivity contribution is 6.12. The third kappa shape index (κ3) is 2.50. The molecule has 1 aromatic rings. The highest BCUT2D eigenvalue weighted by Gasteiger charge is 2.47. The molecule has 0 spiro atoms. The van der Waals surface area contributed by atoms with Crippen molar-refractivity contribution in [3.05, 3.63) is 34.9 Å². The number of ketones is 2. The number of benzene rings is 1. The first-order chi connectivity index (χ1) is 10.7. The fraction of sp³-hybridized carbons (Fsp3) is 0.500. The molecule has 2 fully saturated rings. The van der Waals surface area contributed by atoms with Gasteiger partial charge in [-0.3, -0.25) is 9.59 Å². The minimum absolute atomic E-state index is 0.109. The molecule has 0 aliphatic heterocycles. The first-order valence-electron chi connectivity index (χ1n) is 8.28. The van der Waals surface area contributed by atoms with Crippen molar-refractivity contribution in [2.75, 3.05) is 0 Å². The Hall–Kier alpha value is -1.88. The quantitative estimate of drug-likeness (QED) is 0.630. The second kappa shape index (κ2) is 6.08. The molecule has 2 atom stereocenters. The highest BCUT2D eigenvalue weighted by Crippen LogP contribution is 2.44. The second-order valence-corrected chi connectivity index (χ2v) is 6.48. The second-order valence-electron chi connectivity index (χ2n) is 6.48. The lowest BCUT2D eigenvalue weighted by Gasteiger charge is -2.27. The average Bonchev–Trinajstić information content (AvgIpc) is 2.95. The third-order valence-corrected chi connectivity index (χ3v) is 5.05. The van der Waals surface area contributed by atoms with E-state index >= 15 is 0 Å². The molecule has 0 N–H and O–H groups in total. The van der Waals surface area contributed by atoms with Gasteiger partial charge in [0.15, 0.2) is 11.6 Å². The fourth-order valence-electron chi connectivity index (χ4n) is 4.01. The molecule has 2 heteroatoms. The molecule has 0 amide bonds. The lowest BCUT2D eigenvalue weighted by atomic mass is 9.74. The van der Waals surface area contributed by atoms with Crippen molar-refractivity contribution >= 4 is 11.6 Å². The molecule has 2 saturated carbocycles. The number of fused-ring (bicyclic) bond motifs is 2. The molecule has 2 nitrogen and oxygen atoms in total. The maximum Gasteiger partial charge on any atom is 0.150 e. The van der Waals surface area contributed by atoms with Crippen LogP contribution < -0.4 is 0 Å². The molecule has 22 heavy (non-hydrogen) atoms. The van der Waals surface area contributed by atoms with E-state index in [1.807, 2.05) is 19.1 Å². The Balaban J connectivity index is 2.04. The molecule has 2 bridgehead atoms. The van der Waals surface area contributed by atoms with Crippen LogP contribution in [0, 0.1) is 23.7 Å². The van der Waals surface area contributed by atoms with Crippen LogP contribution in [0.3, 0.4) is 0 Å². The van der Waals surface area contributed by atoms with Gasteiger partial charge in [-0.15, -0.1) is 5.92 Å². The first kappa shape index (κ1) is 15.0. The van der Waals surface area contributed by atoms with Crippen LogP contribution in [0.5, 0.6) is 0 Å². The lowest BCUT2D eigenvalue weighted by Crippen LogP contribution is -2.35. The van der Waals surface area contributed by atoms with Crippen molar-refractivity contribution < 1.29 is 9.59 Å². The summed E-state index contributed by atoms with van der Waals surface area (Å²) in [7, 11) is 0. The van der Waals surface area contributed by atoms with Crippen LogP contribution in [-0.4, -0.2) is 11.6 Å². The van der Waals surface area contributed by atoms with E-state index in [0.717, 1.165) is 48.8 Å². The van der Waals surface area contributed by atoms with E-state index < -0.39 is 5.92 Å². The maximum absolute atomic E-state index is 12.7. The van der Waals surface area contributed by atoms with Crippen LogP contribution in [0.2, 0.25) is 0 Å². The van der Waals surface area contributed by atoms with Crippen molar-refractivity contribution in [2.24, 2.45) is 11.8 Å². The summed E-state index contributed by atoms with van der Waals surface area (Å²) in [4.78, 5) is 25.4. The van der Waals surface area contributed by atoms with Gasteiger partial charge >= 0.3 is 0 Å². The van der Waals surface area contributed by atoms with Crippen molar-refractivity contribution in [1.29, 1.82) is 0 Å². The Bertz CT molecular complexity index is 653. The van der Waals surface area contributed by atoms with Gasteiger partial charge in [0.2, 0.25) is 0 Å². The lowest BCUT2D eigenvalue weighted by molar-refractivity contribution is -0.135. The highest BCUT2D eigenvalue weighted by atomic mass is 16.2. The molecule has 1 aromatic carbocycles. The normalized spacial score (nSPS) is 26.7. The predicted octanol–water partition coefficient (Wildman–Crippen LogP) is 3.66. The van der Waals surface area contributed by atoms with Crippen LogP contribution in [0.1, 0.15) is 62.1 Å². The van der Waals surface area contributed by atoms with Gasteiger partial charge in [0.1, 0.15) is 5.92 Å². The number of carbonyl (C=O) groups is 2. The molecule has 3 rings (SSSR count). The van der Waals surface area contributed by atoms with Gasteiger partial charge in [0.05, 0.1) is 0 Å². The van der Waals surface area contributed by atoms with Crippen molar-refractivity contribution in [1.82, 2.24) is 0 Å². The minimum atomic E-state index is -0.517. The summed E-state index contributed by atoms with van der Waals surface area (Å²) >= 11 is 0. The Kier molecular flexibility index (Phi) is 4.16. The van der Waals surface area contributed by atoms with Crippen LogP contribution in [0.4, 0.5) is 0 Å². The molecule has 0 radical (unpaired) electrons. The molecule has 0 saturated heterocycles. The van der Waals surface area contributed by atoms with Crippen molar-refractivity contribution in [3.63, 3.8) is 0 Å². The zero-order valence-electron chi connectivity index (χ0n) is 13.3. The summed E-state index contributed by atoms with van der Waals surface area (Å²) < 4.78 is 0. The monoisotopic (exact) mass is 294 g/mol. The molecule has 0 heterocycles. The largest absolute Gasteiger partial charge is 0.298 e. The molecule has 2 aliphatic carbocycles. The topological polar surface area (TPSA) is 34.1 Å². The Labute approximate surface area is 132 Å². The van der Waals surface area contributed by atoms with Gasteiger partial charge in [-0.2, -0.15) is 0 Å². The summed E-state index contributed by atoms with van der Waals surface area (Å²) in [5, 5.41) is 0. The number of Topliss-reactive ketones (excluding diaryl/α,β-unsaturated/α-hetero) is 2. The van der Waals surface area contributed by atoms with Crippen LogP contribution >= 0.6 is 0 Å². The Morgan fingerprint density at radius 1 is 1.14 bits per heavy atom. The molecule has 2 unspecified atom stereocenters. The van der Waals surface area contributed by atoms with Crippen LogP contribution in [0.15, 0.2) is 18.2 Å². The summed E-state index contributed by atoms with van der Waals surface area (Å²) in [6, 6.07) is 5.98. The molecular formula is C20H22O2. The van der Waals surface area contributed by atoms with Gasteiger partial charge in [0.25, 0.3) is 0 Å². The molecule has 0 aromatic heterocycles. The SMILES string of the molecule is CC#Cc1ccc(C2C(=O)C3CCC(C3)C2=O)c(CCC)c1. The third-order valence-electron chi connectivity index (χ3n) is 5.05. The van der Waals surface area contributed by atoms with Crippen molar-refractivity contribution in [3.8, 4) is 11.8 Å². The first-order valence-corrected chi connectivity index (χ1v) is 8.28. The smallest absolute Gasteiger partial charge is 0.150 e. The molecule has 2 aliphatic rings. The van der Waals surface area contributed by atoms with E-state index in [4.69, 9.17) is 0 Å². The van der Waals surface area contributed by atoms with Gasteiger partial charge in [-0.05, 0) is 55.9 Å². The summed E-state index contributed by atoms with van der Waals surface area (Å²) in [5.74, 6) is 5.99. The van der Waals surface area contributed by atoms with Gasteiger partial charge in [-0.1, -0.05) is 25.3 Å². The Morgan fingerprint density at radius 3 is 2.41 bits per heavy atom. The van der Waals surface area contributed by atoms with E-state index in [1.54, 1.807) is 0 Å².